The molecular formula is C10H22O4S. The molecule has 1 atom stereocenters. The van der Waals surface area contributed by atoms with Crippen molar-refractivity contribution in [2.24, 2.45) is 11.8 Å². The van der Waals surface area contributed by atoms with Crippen LogP contribution in [-0.4, -0.2) is 19.6 Å². The lowest BCUT2D eigenvalue weighted by Gasteiger charge is -2.19. The van der Waals surface area contributed by atoms with Gasteiger partial charge in [-0.3, -0.25) is 4.55 Å². The summed E-state index contributed by atoms with van der Waals surface area (Å²) in [6, 6.07) is 0. The summed E-state index contributed by atoms with van der Waals surface area (Å²) in [7, 11) is -4.27. The van der Waals surface area contributed by atoms with Crippen LogP contribution in [0.15, 0.2) is 0 Å². The standard InChI is InChI=1S/C10H22O4S/c1-4-5-6-10(9(2)3)7-8-14-15(11,12)13/h9-10H,4-8H2,1-3H3,(H,11,12,13). The third-order valence-corrected chi connectivity index (χ3v) is 3.06. The Hall–Kier alpha value is -0.130. The molecular weight excluding hydrogens is 216 g/mol. The Morgan fingerprint density at radius 3 is 2.27 bits per heavy atom. The molecule has 5 heteroatoms. The summed E-state index contributed by atoms with van der Waals surface area (Å²) in [5.41, 5.74) is 0. The van der Waals surface area contributed by atoms with Crippen molar-refractivity contribution < 1.29 is 17.2 Å². The Morgan fingerprint density at radius 1 is 1.27 bits per heavy atom. The normalized spacial score (nSPS) is 14.5. The molecule has 0 aliphatic heterocycles. The van der Waals surface area contributed by atoms with Gasteiger partial charge in [-0.25, -0.2) is 4.18 Å². The minimum atomic E-state index is -4.27. The number of hydrogen-bond acceptors (Lipinski definition) is 3. The van der Waals surface area contributed by atoms with Crippen molar-refractivity contribution in [1.29, 1.82) is 0 Å². The van der Waals surface area contributed by atoms with Crippen molar-refractivity contribution in [2.75, 3.05) is 6.61 Å². The summed E-state index contributed by atoms with van der Waals surface area (Å²) >= 11 is 0. The van der Waals surface area contributed by atoms with E-state index in [9.17, 15) is 8.42 Å². The van der Waals surface area contributed by atoms with Gasteiger partial charge in [-0.2, -0.15) is 8.42 Å². The summed E-state index contributed by atoms with van der Waals surface area (Å²) in [5.74, 6) is 0.980. The summed E-state index contributed by atoms with van der Waals surface area (Å²) in [4.78, 5) is 0. The van der Waals surface area contributed by atoms with Gasteiger partial charge >= 0.3 is 10.4 Å². The Balaban J connectivity index is 3.86. The van der Waals surface area contributed by atoms with Crippen molar-refractivity contribution in [2.45, 2.75) is 46.5 Å². The van der Waals surface area contributed by atoms with Crippen molar-refractivity contribution in [1.82, 2.24) is 0 Å². The van der Waals surface area contributed by atoms with E-state index in [-0.39, 0.29) is 6.61 Å². The van der Waals surface area contributed by atoms with Gasteiger partial charge in [0.1, 0.15) is 0 Å². The number of unbranched alkanes of at least 4 members (excludes halogenated alkanes) is 1. The maximum Gasteiger partial charge on any atom is 0.397 e. The molecule has 0 aromatic rings. The van der Waals surface area contributed by atoms with Gasteiger partial charge in [-0.1, -0.05) is 40.0 Å². The lowest BCUT2D eigenvalue weighted by atomic mass is 9.88. The van der Waals surface area contributed by atoms with E-state index >= 15 is 0 Å². The minimum absolute atomic E-state index is 0.0748. The first-order valence-corrected chi connectivity index (χ1v) is 6.85. The van der Waals surface area contributed by atoms with Crippen LogP contribution in [0, 0.1) is 11.8 Å². The number of hydrogen-bond donors (Lipinski definition) is 1. The molecule has 0 aromatic heterocycles. The van der Waals surface area contributed by atoms with Gasteiger partial charge in [-0.05, 0) is 18.3 Å². The predicted molar refractivity (Wildman–Crippen MR) is 60.0 cm³/mol. The molecule has 1 N–H and O–H groups in total. The second-order valence-corrected chi connectivity index (χ2v) is 5.28. The van der Waals surface area contributed by atoms with E-state index in [4.69, 9.17) is 4.55 Å². The molecule has 0 bridgehead atoms. The van der Waals surface area contributed by atoms with Gasteiger partial charge < -0.3 is 0 Å². The average molecular weight is 238 g/mol. The molecule has 92 valence electrons. The molecule has 1 unspecified atom stereocenters. The van der Waals surface area contributed by atoms with E-state index in [1.165, 1.54) is 0 Å². The Labute approximate surface area is 93.0 Å². The molecule has 0 radical (unpaired) electrons. The van der Waals surface area contributed by atoms with Gasteiger partial charge in [0, 0.05) is 0 Å². The van der Waals surface area contributed by atoms with Crippen LogP contribution >= 0.6 is 0 Å². The van der Waals surface area contributed by atoms with Crippen LogP contribution < -0.4 is 0 Å². The zero-order valence-electron chi connectivity index (χ0n) is 9.77. The average Bonchev–Trinajstić information content (AvgIpc) is 2.08. The maximum atomic E-state index is 10.3. The second kappa shape index (κ2) is 7.19. The summed E-state index contributed by atoms with van der Waals surface area (Å²) in [5, 5.41) is 0. The van der Waals surface area contributed by atoms with Gasteiger partial charge in [0.25, 0.3) is 0 Å². The van der Waals surface area contributed by atoms with Gasteiger partial charge in [-0.15, -0.1) is 0 Å². The third kappa shape index (κ3) is 8.84. The van der Waals surface area contributed by atoms with Crippen molar-refractivity contribution in [3.8, 4) is 0 Å². The Morgan fingerprint density at radius 2 is 1.87 bits per heavy atom. The highest BCUT2D eigenvalue weighted by atomic mass is 32.3. The van der Waals surface area contributed by atoms with Gasteiger partial charge in [0.15, 0.2) is 0 Å². The molecule has 0 amide bonds. The topological polar surface area (TPSA) is 63.6 Å². The third-order valence-electron chi connectivity index (χ3n) is 2.59. The molecule has 0 saturated carbocycles. The summed E-state index contributed by atoms with van der Waals surface area (Å²) < 4.78 is 33.4. The highest BCUT2D eigenvalue weighted by molar-refractivity contribution is 7.80. The summed E-state index contributed by atoms with van der Waals surface area (Å²) in [6.07, 6.45) is 4.05. The lowest BCUT2D eigenvalue weighted by Crippen LogP contribution is -2.14. The van der Waals surface area contributed by atoms with Crippen molar-refractivity contribution in [3.63, 3.8) is 0 Å². The smallest absolute Gasteiger partial charge is 0.264 e. The monoisotopic (exact) mass is 238 g/mol. The molecule has 0 rings (SSSR count). The maximum absolute atomic E-state index is 10.3. The van der Waals surface area contributed by atoms with Crippen LogP contribution in [-0.2, 0) is 14.6 Å². The summed E-state index contributed by atoms with van der Waals surface area (Å²) in [6.45, 7) is 6.44. The Bertz CT molecular complexity index is 246. The molecule has 0 fully saturated rings. The van der Waals surface area contributed by atoms with Crippen LogP contribution in [0.5, 0.6) is 0 Å². The van der Waals surface area contributed by atoms with E-state index in [1.54, 1.807) is 0 Å². The highest BCUT2D eigenvalue weighted by Gasteiger charge is 2.14. The zero-order valence-corrected chi connectivity index (χ0v) is 10.6. The minimum Gasteiger partial charge on any atom is -0.264 e. The van der Waals surface area contributed by atoms with Gasteiger partial charge in [0.05, 0.1) is 6.61 Å². The zero-order chi connectivity index (χ0) is 11.9. The number of rotatable bonds is 8. The molecule has 4 nitrogen and oxygen atoms in total. The molecule has 0 aliphatic carbocycles. The second-order valence-electron chi connectivity index (χ2n) is 4.18. The van der Waals surface area contributed by atoms with Crippen LogP contribution in [0.2, 0.25) is 0 Å². The molecule has 0 spiro atoms. The molecule has 15 heavy (non-hydrogen) atoms. The van der Waals surface area contributed by atoms with Crippen LogP contribution in [0.1, 0.15) is 46.5 Å². The van der Waals surface area contributed by atoms with E-state index < -0.39 is 10.4 Å². The molecule has 0 aromatic carbocycles. The fraction of sp³-hybridized carbons (Fsp3) is 1.00. The Kier molecular flexibility index (Phi) is 7.13. The van der Waals surface area contributed by atoms with E-state index in [0.29, 0.717) is 18.3 Å². The first-order valence-electron chi connectivity index (χ1n) is 5.48. The van der Waals surface area contributed by atoms with E-state index in [2.05, 4.69) is 25.0 Å². The van der Waals surface area contributed by atoms with Crippen LogP contribution in [0.3, 0.4) is 0 Å². The van der Waals surface area contributed by atoms with E-state index in [1.807, 2.05) is 0 Å². The van der Waals surface area contributed by atoms with Crippen LogP contribution in [0.4, 0.5) is 0 Å². The molecule has 0 heterocycles. The van der Waals surface area contributed by atoms with Crippen molar-refractivity contribution in [3.05, 3.63) is 0 Å². The lowest BCUT2D eigenvalue weighted by molar-refractivity contribution is 0.219. The highest BCUT2D eigenvalue weighted by Crippen LogP contribution is 2.21. The first kappa shape index (κ1) is 14.9. The predicted octanol–water partition coefficient (Wildman–Crippen LogP) is 2.66. The fourth-order valence-corrected chi connectivity index (χ4v) is 1.89. The largest absolute Gasteiger partial charge is 0.397 e. The van der Waals surface area contributed by atoms with E-state index in [0.717, 1.165) is 19.3 Å². The quantitative estimate of drug-likeness (QED) is 0.660. The SMILES string of the molecule is CCCCC(CCOS(=O)(=O)O)C(C)C. The van der Waals surface area contributed by atoms with Gasteiger partial charge in [0.2, 0.25) is 0 Å². The van der Waals surface area contributed by atoms with Crippen LogP contribution in [0.25, 0.3) is 0 Å². The first-order chi connectivity index (χ1) is 6.87. The molecule has 0 saturated heterocycles. The van der Waals surface area contributed by atoms with Crippen molar-refractivity contribution >= 4 is 10.4 Å². The fourth-order valence-electron chi connectivity index (χ4n) is 1.58. The molecule has 0 aliphatic rings.